The first-order valence-corrected chi connectivity index (χ1v) is 7.32. The van der Waals surface area contributed by atoms with Crippen molar-refractivity contribution in [3.05, 3.63) is 17.5 Å². The van der Waals surface area contributed by atoms with Crippen LogP contribution in [0.4, 0.5) is 0 Å². The third-order valence-corrected chi connectivity index (χ3v) is 3.92. The minimum Gasteiger partial charge on any atom is -0.339 e. The zero-order chi connectivity index (χ0) is 15.4. The molecule has 1 aromatic rings. The molecule has 0 radical (unpaired) electrons. The highest BCUT2D eigenvalue weighted by Crippen LogP contribution is 2.13. The van der Waals surface area contributed by atoms with Crippen LogP contribution in [0.15, 0.2) is 6.20 Å². The molecule has 1 fully saturated rings. The normalized spacial score (nSPS) is 15.4. The zero-order valence-electron chi connectivity index (χ0n) is 12.7. The Labute approximate surface area is 124 Å². The van der Waals surface area contributed by atoms with Gasteiger partial charge >= 0.3 is 0 Å². The second-order valence-corrected chi connectivity index (χ2v) is 5.31. The number of carbonyl (C=O) groups is 2. The average Bonchev–Trinajstić information content (AvgIpc) is 2.85. The standard InChI is InChI=1S/C14H23N5O2/c1-11-13(10-16-19(11)5-3-4-15)14(21)18-8-6-17(7-9-18)12(2)20/h10H,3-9,15H2,1-2H3. The number of hydrogen-bond acceptors (Lipinski definition) is 4. The van der Waals surface area contributed by atoms with Crippen molar-refractivity contribution in [3.63, 3.8) is 0 Å². The first kappa shape index (κ1) is 15.5. The van der Waals surface area contributed by atoms with Crippen LogP contribution in [-0.2, 0) is 11.3 Å². The number of aryl methyl sites for hydroxylation is 1. The van der Waals surface area contributed by atoms with Crippen LogP contribution in [-0.4, -0.2) is 64.1 Å². The summed E-state index contributed by atoms with van der Waals surface area (Å²) in [4.78, 5) is 27.4. The molecule has 0 atom stereocenters. The molecular weight excluding hydrogens is 270 g/mol. The van der Waals surface area contributed by atoms with E-state index in [9.17, 15) is 9.59 Å². The molecule has 21 heavy (non-hydrogen) atoms. The quantitative estimate of drug-likeness (QED) is 0.836. The van der Waals surface area contributed by atoms with Gasteiger partial charge in [0.1, 0.15) is 0 Å². The molecule has 0 spiro atoms. The van der Waals surface area contributed by atoms with Gasteiger partial charge in [-0.2, -0.15) is 5.10 Å². The molecule has 116 valence electrons. The number of aromatic nitrogens is 2. The van der Waals surface area contributed by atoms with E-state index in [-0.39, 0.29) is 11.8 Å². The molecule has 0 aromatic carbocycles. The monoisotopic (exact) mass is 293 g/mol. The molecule has 2 rings (SSSR count). The van der Waals surface area contributed by atoms with Gasteiger partial charge in [0.05, 0.1) is 11.8 Å². The first-order valence-electron chi connectivity index (χ1n) is 7.32. The highest BCUT2D eigenvalue weighted by atomic mass is 16.2. The number of rotatable bonds is 4. The maximum atomic E-state index is 12.5. The predicted molar refractivity (Wildman–Crippen MR) is 78.8 cm³/mol. The first-order chi connectivity index (χ1) is 10.0. The lowest BCUT2D eigenvalue weighted by molar-refractivity contribution is -0.130. The third kappa shape index (κ3) is 3.41. The van der Waals surface area contributed by atoms with Crippen molar-refractivity contribution in [2.24, 2.45) is 5.73 Å². The van der Waals surface area contributed by atoms with Crippen LogP contribution in [0.1, 0.15) is 29.4 Å². The summed E-state index contributed by atoms with van der Waals surface area (Å²) in [7, 11) is 0. The van der Waals surface area contributed by atoms with E-state index in [0.29, 0.717) is 38.3 Å². The van der Waals surface area contributed by atoms with Crippen molar-refractivity contribution in [3.8, 4) is 0 Å². The van der Waals surface area contributed by atoms with E-state index < -0.39 is 0 Å². The topological polar surface area (TPSA) is 84.5 Å². The maximum Gasteiger partial charge on any atom is 0.257 e. The van der Waals surface area contributed by atoms with Crippen molar-refractivity contribution >= 4 is 11.8 Å². The highest BCUT2D eigenvalue weighted by molar-refractivity contribution is 5.95. The van der Waals surface area contributed by atoms with Gasteiger partial charge in [-0.3, -0.25) is 14.3 Å². The summed E-state index contributed by atoms with van der Waals surface area (Å²) in [5.41, 5.74) is 7.02. The van der Waals surface area contributed by atoms with Gasteiger partial charge in [0.25, 0.3) is 5.91 Å². The highest BCUT2D eigenvalue weighted by Gasteiger charge is 2.25. The third-order valence-electron chi connectivity index (χ3n) is 3.92. The average molecular weight is 293 g/mol. The molecule has 2 N–H and O–H groups in total. The van der Waals surface area contributed by atoms with Gasteiger partial charge in [-0.25, -0.2) is 0 Å². The fourth-order valence-electron chi connectivity index (χ4n) is 2.52. The van der Waals surface area contributed by atoms with E-state index in [0.717, 1.165) is 18.7 Å². The van der Waals surface area contributed by atoms with E-state index >= 15 is 0 Å². The summed E-state index contributed by atoms with van der Waals surface area (Å²) >= 11 is 0. The summed E-state index contributed by atoms with van der Waals surface area (Å²) in [6.45, 7) is 7.15. The summed E-state index contributed by atoms with van der Waals surface area (Å²) in [5.74, 6) is 0.0579. The lowest BCUT2D eigenvalue weighted by atomic mass is 10.2. The molecule has 1 aliphatic rings. The molecule has 7 heteroatoms. The van der Waals surface area contributed by atoms with Gasteiger partial charge < -0.3 is 15.5 Å². The van der Waals surface area contributed by atoms with Crippen LogP contribution in [0.3, 0.4) is 0 Å². The molecule has 1 aromatic heterocycles. The fraction of sp³-hybridized carbons (Fsp3) is 0.643. The lowest BCUT2D eigenvalue weighted by Crippen LogP contribution is -2.50. The Morgan fingerprint density at radius 1 is 1.24 bits per heavy atom. The number of carbonyl (C=O) groups excluding carboxylic acids is 2. The van der Waals surface area contributed by atoms with Gasteiger partial charge in [-0.15, -0.1) is 0 Å². The Kier molecular flexibility index (Phi) is 4.95. The molecular formula is C14H23N5O2. The molecule has 0 bridgehead atoms. The van der Waals surface area contributed by atoms with Gasteiger partial charge in [0.15, 0.2) is 0 Å². The number of hydrogen-bond donors (Lipinski definition) is 1. The van der Waals surface area contributed by atoms with Crippen molar-refractivity contribution in [1.82, 2.24) is 19.6 Å². The minimum atomic E-state index is -0.00491. The molecule has 2 amide bonds. The second kappa shape index (κ2) is 6.71. The number of amides is 2. The van der Waals surface area contributed by atoms with Gasteiger partial charge in [0.2, 0.25) is 5.91 Å². The van der Waals surface area contributed by atoms with Crippen LogP contribution >= 0.6 is 0 Å². The van der Waals surface area contributed by atoms with Gasteiger partial charge in [-0.1, -0.05) is 0 Å². The zero-order valence-corrected chi connectivity index (χ0v) is 12.7. The molecule has 0 saturated carbocycles. The van der Waals surface area contributed by atoms with Crippen molar-refractivity contribution in [2.45, 2.75) is 26.8 Å². The Morgan fingerprint density at radius 2 is 1.86 bits per heavy atom. The van der Waals surface area contributed by atoms with E-state index in [4.69, 9.17) is 5.73 Å². The number of piperazine rings is 1. The largest absolute Gasteiger partial charge is 0.339 e. The van der Waals surface area contributed by atoms with E-state index in [1.165, 1.54) is 0 Å². The van der Waals surface area contributed by atoms with Crippen LogP contribution in [0.25, 0.3) is 0 Å². The van der Waals surface area contributed by atoms with E-state index in [1.54, 1.807) is 22.9 Å². The van der Waals surface area contributed by atoms with E-state index in [1.807, 2.05) is 11.6 Å². The Hall–Kier alpha value is -1.89. The van der Waals surface area contributed by atoms with E-state index in [2.05, 4.69) is 5.10 Å². The minimum absolute atomic E-state index is 0.00491. The van der Waals surface area contributed by atoms with Gasteiger partial charge in [0, 0.05) is 45.3 Å². The summed E-state index contributed by atoms with van der Waals surface area (Å²) < 4.78 is 1.83. The molecule has 2 heterocycles. The summed E-state index contributed by atoms with van der Waals surface area (Å²) in [5, 5.41) is 4.26. The maximum absolute atomic E-state index is 12.5. The lowest BCUT2D eigenvalue weighted by Gasteiger charge is -2.34. The van der Waals surface area contributed by atoms with Crippen LogP contribution < -0.4 is 5.73 Å². The van der Waals surface area contributed by atoms with Crippen LogP contribution in [0, 0.1) is 6.92 Å². The molecule has 1 saturated heterocycles. The van der Waals surface area contributed by atoms with Crippen molar-refractivity contribution in [2.75, 3.05) is 32.7 Å². The van der Waals surface area contributed by atoms with Gasteiger partial charge in [-0.05, 0) is 19.9 Å². The number of nitrogens with zero attached hydrogens (tertiary/aromatic N) is 4. The van der Waals surface area contributed by atoms with Crippen LogP contribution in [0.5, 0.6) is 0 Å². The molecule has 0 aliphatic carbocycles. The summed E-state index contributed by atoms with van der Waals surface area (Å²) in [6, 6.07) is 0. The Balaban J connectivity index is 2.01. The SMILES string of the molecule is CC(=O)N1CCN(C(=O)c2cnn(CCCN)c2C)CC1. The van der Waals surface area contributed by atoms with Crippen molar-refractivity contribution < 1.29 is 9.59 Å². The predicted octanol–water partition coefficient (Wildman–Crippen LogP) is -0.155. The Morgan fingerprint density at radius 3 is 2.43 bits per heavy atom. The smallest absolute Gasteiger partial charge is 0.257 e. The molecule has 0 unspecified atom stereocenters. The molecule has 1 aliphatic heterocycles. The number of nitrogens with two attached hydrogens (primary N) is 1. The fourth-order valence-corrected chi connectivity index (χ4v) is 2.52. The summed E-state index contributed by atoms with van der Waals surface area (Å²) in [6.07, 6.45) is 2.47. The Bertz CT molecular complexity index is 517. The molecule has 7 nitrogen and oxygen atoms in total. The second-order valence-electron chi connectivity index (χ2n) is 5.31. The van der Waals surface area contributed by atoms with Crippen LogP contribution in [0.2, 0.25) is 0 Å². The van der Waals surface area contributed by atoms with Crippen molar-refractivity contribution in [1.29, 1.82) is 0 Å².